The first-order valence-corrected chi connectivity index (χ1v) is 6.68. The van der Waals surface area contributed by atoms with E-state index in [1.165, 1.54) is 12.1 Å². The van der Waals surface area contributed by atoms with Gasteiger partial charge in [-0.2, -0.15) is 13.2 Å². The molecule has 112 valence electrons. The summed E-state index contributed by atoms with van der Waals surface area (Å²) in [6, 6.07) is 2.90. The monoisotopic (exact) mass is 310 g/mol. The topological polar surface area (TPSA) is 15.3 Å². The molecule has 1 N–H and O–H groups in total. The molecule has 1 saturated heterocycles. The van der Waals surface area contributed by atoms with Crippen LogP contribution < -0.4 is 5.32 Å². The first-order chi connectivity index (χ1) is 9.43. The summed E-state index contributed by atoms with van der Waals surface area (Å²) in [6.07, 6.45) is -4.49. The van der Waals surface area contributed by atoms with Gasteiger partial charge >= 0.3 is 6.18 Å². The van der Waals surface area contributed by atoms with Crippen molar-refractivity contribution in [2.45, 2.75) is 12.2 Å². The largest absolute Gasteiger partial charge is 0.417 e. The van der Waals surface area contributed by atoms with E-state index in [2.05, 4.69) is 5.32 Å². The normalized spacial score (nSPS) is 19.1. The van der Waals surface area contributed by atoms with Crippen LogP contribution in [0.3, 0.4) is 0 Å². The van der Waals surface area contributed by atoms with Gasteiger partial charge in [0, 0.05) is 26.2 Å². The van der Waals surface area contributed by atoms with Crippen LogP contribution in [0.15, 0.2) is 18.2 Å². The number of alkyl halides is 4. The molecular weight excluding hydrogens is 296 g/mol. The Balaban J connectivity index is 2.24. The van der Waals surface area contributed by atoms with E-state index in [1.807, 2.05) is 4.90 Å². The predicted octanol–water partition coefficient (Wildman–Crippen LogP) is 3.27. The van der Waals surface area contributed by atoms with E-state index < -0.39 is 24.5 Å². The van der Waals surface area contributed by atoms with Gasteiger partial charge in [0.2, 0.25) is 0 Å². The van der Waals surface area contributed by atoms with Crippen LogP contribution in [-0.4, -0.2) is 37.8 Å². The molecule has 0 unspecified atom stereocenters. The van der Waals surface area contributed by atoms with Crippen molar-refractivity contribution in [3.63, 3.8) is 0 Å². The Labute approximate surface area is 119 Å². The molecule has 0 radical (unpaired) electrons. The van der Waals surface area contributed by atoms with E-state index in [4.69, 9.17) is 11.6 Å². The van der Waals surface area contributed by atoms with Gasteiger partial charge < -0.3 is 5.32 Å². The van der Waals surface area contributed by atoms with Crippen LogP contribution in [0.5, 0.6) is 0 Å². The second-order valence-corrected chi connectivity index (χ2v) is 5.10. The minimum absolute atomic E-state index is 0.386. The number of hydrogen-bond donors (Lipinski definition) is 1. The fraction of sp³-hybridized carbons (Fsp3) is 0.538. The first-order valence-electron chi connectivity index (χ1n) is 6.31. The van der Waals surface area contributed by atoms with Gasteiger partial charge in [0.05, 0.1) is 16.6 Å². The van der Waals surface area contributed by atoms with Crippen LogP contribution in [0.25, 0.3) is 0 Å². The Hall–Kier alpha value is -0.850. The molecule has 0 amide bonds. The van der Waals surface area contributed by atoms with Gasteiger partial charge in [0.1, 0.15) is 6.67 Å². The fourth-order valence-electron chi connectivity index (χ4n) is 2.36. The van der Waals surface area contributed by atoms with Crippen molar-refractivity contribution in [2.75, 3.05) is 32.9 Å². The lowest BCUT2D eigenvalue weighted by atomic mass is 10.0. The molecular formula is C13H15ClF4N2. The molecule has 1 atom stereocenters. The first kappa shape index (κ1) is 15.5. The molecule has 0 spiro atoms. The Morgan fingerprint density at radius 2 is 1.90 bits per heavy atom. The zero-order chi connectivity index (χ0) is 14.8. The number of hydrogen-bond acceptors (Lipinski definition) is 2. The highest BCUT2D eigenvalue weighted by molar-refractivity contribution is 6.31. The molecule has 0 bridgehead atoms. The minimum Gasteiger partial charge on any atom is -0.314 e. The maximum Gasteiger partial charge on any atom is 0.417 e. The Bertz CT molecular complexity index is 458. The summed E-state index contributed by atoms with van der Waals surface area (Å²) in [4.78, 5) is 1.91. The van der Waals surface area contributed by atoms with Gasteiger partial charge in [0.15, 0.2) is 0 Å². The molecule has 20 heavy (non-hydrogen) atoms. The second-order valence-electron chi connectivity index (χ2n) is 4.69. The molecule has 1 fully saturated rings. The summed E-state index contributed by atoms with van der Waals surface area (Å²) in [5.41, 5.74) is -0.409. The summed E-state index contributed by atoms with van der Waals surface area (Å²) in [5, 5.41) is 2.76. The zero-order valence-electron chi connectivity index (χ0n) is 10.7. The molecule has 1 aromatic carbocycles. The quantitative estimate of drug-likeness (QED) is 0.862. The van der Waals surface area contributed by atoms with Crippen molar-refractivity contribution in [2.24, 2.45) is 0 Å². The molecule has 0 saturated carbocycles. The molecule has 1 aromatic rings. The van der Waals surface area contributed by atoms with E-state index in [-0.39, 0.29) is 5.02 Å². The van der Waals surface area contributed by atoms with Crippen LogP contribution in [-0.2, 0) is 6.18 Å². The summed E-state index contributed by atoms with van der Waals surface area (Å²) < 4.78 is 51.2. The maximum absolute atomic E-state index is 13.3. The van der Waals surface area contributed by atoms with Crippen molar-refractivity contribution in [3.05, 3.63) is 34.3 Å². The fourth-order valence-corrected chi connectivity index (χ4v) is 2.66. The molecule has 7 heteroatoms. The average molecular weight is 311 g/mol. The van der Waals surface area contributed by atoms with Gasteiger partial charge in [-0.1, -0.05) is 17.7 Å². The average Bonchev–Trinajstić information content (AvgIpc) is 2.39. The SMILES string of the molecule is FC[C@@H](c1ccc(C(F)(F)F)c(Cl)c1)N1CCNCC1. The smallest absolute Gasteiger partial charge is 0.314 e. The number of benzene rings is 1. The van der Waals surface area contributed by atoms with Crippen molar-refractivity contribution < 1.29 is 17.6 Å². The van der Waals surface area contributed by atoms with Crippen molar-refractivity contribution in [3.8, 4) is 0 Å². The number of nitrogens with zero attached hydrogens (tertiary/aromatic N) is 1. The molecule has 1 aliphatic heterocycles. The molecule has 0 aliphatic carbocycles. The van der Waals surface area contributed by atoms with E-state index >= 15 is 0 Å². The molecule has 2 nitrogen and oxygen atoms in total. The van der Waals surface area contributed by atoms with Gasteiger partial charge in [0.25, 0.3) is 0 Å². The standard InChI is InChI=1S/C13H15ClF4N2/c14-11-7-9(1-2-10(11)13(16,17)18)12(8-15)20-5-3-19-4-6-20/h1-2,7,12,19H,3-6,8H2/t12-/m0/s1. The third kappa shape index (κ3) is 3.42. The highest BCUT2D eigenvalue weighted by Crippen LogP contribution is 2.36. The lowest BCUT2D eigenvalue weighted by molar-refractivity contribution is -0.137. The van der Waals surface area contributed by atoms with Crippen LogP contribution in [0, 0.1) is 0 Å². The number of rotatable bonds is 3. The van der Waals surface area contributed by atoms with E-state index in [9.17, 15) is 17.6 Å². The van der Waals surface area contributed by atoms with Crippen LogP contribution in [0.1, 0.15) is 17.2 Å². The van der Waals surface area contributed by atoms with Gasteiger partial charge in [-0.05, 0) is 17.7 Å². The molecule has 1 heterocycles. The number of halogens is 5. The third-order valence-electron chi connectivity index (χ3n) is 3.42. The lowest BCUT2D eigenvalue weighted by Crippen LogP contribution is -2.45. The lowest BCUT2D eigenvalue weighted by Gasteiger charge is -2.33. The Morgan fingerprint density at radius 1 is 1.25 bits per heavy atom. The predicted molar refractivity (Wildman–Crippen MR) is 69.6 cm³/mol. The van der Waals surface area contributed by atoms with Crippen LogP contribution >= 0.6 is 11.6 Å². The second kappa shape index (κ2) is 6.28. The number of piperazine rings is 1. The molecule has 2 rings (SSSR count). The van der Waals surface area contributed by atoms with Gasteiger partial charge in [-0.3, -0.25) is 4.90 Å². The summed E-state index contributed by atoms with van der Waals surface area (Å²) in [7, 11) is 0. The number of nitrogens with one attached hydrogen (secondary N) is 1. The summed E-state index contributed by atoms with van der Waals surface area (Å²) >= 11 is 5.68. The van der Waals surface area contributed by atoms with Crippen molar-refractivity contribution >= 4 is 11.6 Å². The highest BCUT2D eigenvalue weighted by Gasteiger charge is 2.33. The third-order valence-corrected chi connectivity index (χ3v) is 3.73. The van der Waals surface area contributed by atoms with E-state index in [1.54, 1.807) is 0 Å². The zero-order valence-corrected chi connectivity index (χ0v) is 11.4. The van der Waals surface area contributed by atoms with E-state index in [0.29, 0.717) is 18.7 Å². The molecule has 0 aromatic heterocycles. The highest BCUT2D eigenvalue weighted by atomic mass is 35.5. The summed E-state index contributed by atoms with van der Waals surface area (Å²) in [6.45, 7) is 2.15. The minimum atomic E-state index is -4.49. The maximum atomic E-state index is 13.3. The summed E-state index contributed by atoms with van der Waals surface area (Å²) in [5.74, 6) is 0. The van der Waals surface area contributed by atoms with Crippen LogP contribution in [0.4, 0.5) is 17.6 Å². The Kier molecular flexibility index (Phi) is 4.88. The van der Waals surface area contributed by atoms with Crippen molar-refractivity contribution in [1.82, 2.24) is 10.2 Å². The van der Waals surface area contributed by atoms with Crippen LogP contribution in [0.2, 0.25) is 5.02 Å². The van der Waals surface area contributed by atoms with Gasteiger partial charge in [-0.25, -0.2) is 4.39 Å². The van der Waals surface area contributed by atoms with Gasteiger partial charge in [-0.15, -0.1) is 0 Å². The molecule has 1 aliphatic rings. The Morgan fingerprint density at radius 3 is 2.40 bits per heavy atom. The van der Waals surface area contributed by atoms with E-state index in [0.717, 1.165) is 19.2 Å². The van der Waals surface area contributed by atoms with Crippen molar-refractivity contribution in [1.29, 1.82) is 0 Å².